The highest BCUT2D eigenvalue weighted by Crippen LogP contribution is 2.34. The van der Waals surface area contributed by atoms with Crippen LogP contribution in [0.4, 0.5) is 0 Å². The first kappa shape index (κ1) is 17.1. The van der Waals surface area contributed by atoms with E-state index in [1.54, 1.807) is 12.1 Å². The predicted octanol–water partition coefficient (Wildman–Crippen LogP) is 1.57. The molecule has 0 aliphatic heterocycles. The first-order valence-corrected chi connectivity index (χ1v) is 6.91. The molecule has 0 heterocycles. The number of hydrogen-bond donors (Lipinski definition) is 2. The zero-order chi connectivity index (χ0) is 15.8. The number of carbonyl (C=O) groups excluding carboxylic acids is 1. The summed E-state index contributed by atoms with van der Waals surface area (Å²) in [5, 5.41) is 2.83. The Bertz CT molecular complexity index is 477. The average Bonchev–Trinajstić information content (AvgIpc) is 2.52. The highest BCUT2D eigenvalue weighted by atomic mass is 16.5. The summed E-state index contributed by atoms with van der Waals surface area (Å²) in [5.74, 6) is 1.20. The van der Waals surface area contributed by atoms with Gasteiger partial charge in [0.15, 0.2) is 11.5 Å². The van der Waals surface area contributed by atoms with Gasteiger partial charge in [0.25, 0.3) is 5.91 Å². The van der Waals surface area contributed by atoms with Gasteiger partial charge in [-0.3, -0.25) is 4.79 Å². The zero-order valence-corrected chi connectivity index (χ0v) is 13.1. The van der Waals surface area contributed by atoms with Gasteiger partial charge in [0.2, 0.25) is 0 Å². The van der Waals surface area contributed by atoms with Crippen molar-refractivity contribution in [3.63, 3.8) is 0 Å². The van der Waals surface area contributed by atoms with Crippen molar-refractivity contribution >= 4 is 5.91 Å². The summed E-state index contributed by atoms with van der Waals surface area (Å²) < 4.78 is 15.6. The molecule has 0 saturated carbocycles. The van der Waals surface area contributed by atoms with Gasteiger partial charge in [0.1, 0.15) is 5.75 Å². The largest absolute Gasteiger partial charge is 0.496 e. The Morgan fingerprint density at radius 3 is 2.24 bits per heavy atom. The van der Waals surface area contributed by atoms with Crippen LogP contribution in [0.3, 0.4) is 0 Å². The number of nitrogens with two attached hydrogens (primary N) is 1. The van der Waals surface area contributed by atoms with Crippen LogP contribution >= 0.6 is 0 Å². The third-order valence-corrected chi connectivity index (χ3v) is 3.28. The molecule has 118 valence electrons. The van der Waals surface area contributed by atoms with Gasteiger partial charge in [-0.2, -0.15) is 0 Å². The molecule has 6 nitrogen and oxygen atoms in total. The van der Waals surface area contributed by atoms with Gasteiger partial charge in [-0.15, -0.1) is 0 Å². The molecule has 1 aromatic carbocycles. The second kappa shape index (κ2) is 8.36. The van der Waals surface area contributed by atoms with E-state index in [1.165, 1.54) is 21.3 Å². The van der Waals surface area contributed by atoms with E-state index in [-0.39, 0.29) is 11.9 Å². The number of carbonyl (C=O) groups is 1. The lowest BCUT2D eigenvalue weighted by atomic mass is 10.1. The lowest BCUT2D eigenvalue weighted by molar-refractivity contribution is 0.0949. The summed E-state index contributed by atoms with van der Waals surface area (Å²) in [6, 6.07) is 3.33. The van der Waals surface area contributed by atoms with Gasteiger partial charge in [-0.1, -0.05) is 6.92 Å². The second-order valence-corrected chi connectivity index (χ2v) is 4.62. The molecule has 1 aromatic rings. The summed E-state index contributed by atoms with van der Waals surface area (Å²) in [6.45, 7) is 2.54. The van der Waals surface area contributed by atoms with Crippen molar-refractivity contribution in [2.45, 2.75) is 25.8 Å². The first-order valence-electron chi connectivity index (χ1n) is 6.91. The maximum Gasteiger partial charge on any atom is 0.255 e. The van der Waals surface area contributed by atoms with E-state index in [1.807, 2.05) is 6.92 Å². The summed E-state index contributed by atoms with van der Waals surface area (Å²) in [6.07, 6.45) is 1.62. The van der Waals surface area contributed by atoms with Gasteiger partial charge in [-0.25, -0.2) is 0 Å². The monoisotopic (exact) mass is 296 g/mol. The van der Waals surface area contributed by atoms with Crippen LogP contribution in [0, 0.1) is 0 Å². The molecule has 1 unspecified atom stereocenters. The molecule has 6 heteroatoms. The van der Waals surface area contributed by atoms with Crippen LogP contribution < -0.4 is 25.3 Å². The van der Waals surface area contributed by atoms with E-state index < -0.39 is 0 Å². The summed E-state index contributed by atoms with van der Waals surface area (Å²) in [7, 11) is 4.56. The van der Waals surface area contributed by atoms with Gasteiger partial charge >= 0.3 is 0 Å². The van der Waals surface area contributed by atoms with E-state index in [0.29, 0.717) is 29.4 Å². The predicted molar refractivity (Wildman–Crippen MR) is 81.3 cm³/mol. The molecule has 0 aliphatic carbocycles. The molecule has 0 aliphatic rings. The van der Waals surface area contributed by atoms with Crippen molar-refractivity contribution in [1.29, 1.82) is 0 Å². The molecule has 1 atom stereocenters. The Morgan fingerprint density at radius 1 is 1.14 bits per heavy atom. The van der Waals surface area contributed by atoms with Crippen molar-refractivity contribution in [3.05, 3.63) is 17.7 Å². The van der Waals surface area contributed by atoms with Crippen molar-refractivity contribution in [2.75, 3.05) is 27.9 Å². The van der Waals surface area contributed by atoms with Crippen LogP contribution in [-0.2, 0) is 0 Å². The fourth-order valence-corrected chi connectivity index (χ4v) is 1.88. The van der Waals surface area contributed by atoms with E-state index in [4.69, 9.17) is 19.9 Å². The fraction of sp³-hybridized carbons (Fsp3) is 0.533. The van der Waals surface area contributed by atoms with Crippen LogP contribution in [0.25, 0.3) is 0 Å². The molecule has 0 fully saturated rings. The van der Waals surface area contributed by atoms with Crippen LogP contribution in [0.15, 0.2) is 12.1 Å². The molecule has 0 spiro atoms. The lowest BCUT2D eigenvalue weighted by Gasteiger charge is -2.14. The standard InChI is InChI=1S/C15H24N2O4/c1-5-10(16)6-7-17-15(18)11-8-13(20-3)14(21-4)9-12(11)19-2/h8-10H,5-7,16H2,1-4H3,(H,17,18). The smallest absolute Gasteiger partial charge is 0.255 e. The third kappa shape index (κ3) is 4.53. The Balaban J connectivity index is 2.87. The Kier molecular flexibility index (Phi) is 6.81. The number of rotatable bonds is 8. The van der Waals surface area contributed by atoms with E-state index >= 15 is 0 Å². The maximum atomic E-state index is 12.2. The average molecular weight is 296 g/mol. The minimum Gasteiger partial charge on any atom is -0.496 e. The SMILES string of the molecule is CCC(N)CCNC(=O)c1cc(OC)c(OC)cc1OC. The molecule has 0 aromatic heterocycles. The van der Waals surface area contributed by atoms with Crippen LogP contribution in [-0.4, -0.2) is 39.8 Å². The van der Waals surface area contributed by atoms with Crippen LogP contribution in [0.5, 0.6) is 17.2 Å². The Labute approximate surface area is 125 Å². The number of ether oxygens (including phenoxy) is 3. The second-order valence-electron chi connectivity index (χ2n) is 4.62. The molecule has 1 rings (SSSR count). The van der Waals surface area contributed by atoms with Crippen molar-refractivity contribution in [2.24, 2.45) is 5.73 Å². The number of hydrogen-bond acceptors (Lipinski definition) is 5. The number of nitrogens with one attached hydrogen (secondary N) is 1. The molecule has 0 radical (unpaired) electrons. The lowest BCUT2D eigenvalue weighted by Crippen LogP contribution is -2.30. The summed E-state index contributed by atoms with van der Waals surface area (Å²) in [4.78, 5) is 12.2. The van der Waals surface area contributed by atoms with Gasteiger partial charge < -0.3 is 25.3 Å². The Hall–Kier alpha value is -1.95. The van der Waals surface area contributed by atoms with Crippen LogP contribution in [0.2, 0.25) is 0 Å². The molecular formula is C15H24N2O4. The van der Waals surface area contributed by atoms with Gasteiger partial charge in [0, 0.05) is 24.7 Å². The minimum absolute atomic E-state index is 0.0950. The highest BCUT2D eigenvalue weighted by molar-refractivity contribution is 5.97. The minimum atomic E-state index is -0.226. The molecule has 1 amide bonds. The molecular weight excluding hydrogens is 272 g/mol. The van der Waals surface area contributed by atoms with Crippen LogP contribution in [0.1, 0.15) is 30.1 Å². The van der Waals surface area contributed by atoms with E-state index in [9.17, 15) is 4.79 Å². The normalized spacial score (nSPS) is 11.7. The zero-order valence-electron chi connectivity index (χ0n) is 13.1. The number of benzene rings is 1. The number of amides is 1. The molecule has 0 saturated heterocycles. The number of methoxy groups -OCH3 is 3. The molecule has 0 bridgehead atoms. The maximum absolute atomic E-state index is 12.2. The molecule has 21 heavy (non-hydrogen) atoms. The first-order chi connectivity index (χ1) is 10.1. The third-order valence-electron chi connectivity index (χ3n) is 3.28. The van der Waals surface area contributed by atoms with Crippen molar-refractivity contribution in [1.82, 2.24) is 5.32 Å². The summed E-state index contributed by atoms with van der Waals surface area (Å²) >= 11 is 0. The van der Waals surface area contributed by atoms with E-state index in [2.05, 4.69) is 5.32 Å². The van der Waals surface area contributed by atoms with Crippen molar-refractivity contribution in [3.8, 4) is 17.2 Å². The highest BCUT2D eigenvalue weighted by Gasteiger charge is 2.17. The summed E-state index contributed by atoms with van der Waals surface area (Å²) in [5.41, 5.74) is 6.23. The Morgan fingerprint density at radius 2 is 1.71 bits per heavy atom. The van der Waals surface area contributed by atoms with Gasteiger partial charge in [0.05, 0.1) is 26.9 Å². The fourth-order valence-electron chi connectivity index (χ4n) is 1.88. The van der Waals surface area contributed by atoms with Gasteiger partial charge in [-0.05, 0) is 12.8 Å². The van der Waals surface area contributed by atoms with Crippen molar-refractivity contribution < 1.29 is 19.0 Å². The topological polar surface area (TPSA) is 82.8 Å². The molecule has 3 N–H and O–H groups in total. The van der Waals surface area contributed by atoms with E-state index in [0.717, 1.165) is 12.8 Å². The quantitative estimate of drug-likeness (QED) is 0.761.